The zero-order chi connectivity index (χ0) is 13.8. The number of pyridine rings is 1. The second-order valence-corrected chi connectivity index (χ2v) is 4.06. The Bertz CT molecular complexity index is 611. The molecule has 19 heavy (non-hydrogen) atoms. The highest BCUT2D eigenvalue weighted by Gasteiger charge is 2.09. The van der Waals surface area contributed by atoms with Crippen LogP contribution in [0.25, 0.3) is 0 Å². The lowest BCUT2D eigenvalue weighted by atomic mass is 10.2. The molecule has 0 saturated heterocycles. The highest BCUT2D eigenvalue weighted by atomic mass is 16.5. The van der Waals surface area contributed by atoms with E-state index in [1.54, 1.807) is 12.1 Å². The van der Waals surface area contributed by atoms with Crippen LogP contribution in [0.15, 0.2) is 36.4 Å². The number of ether oxygens (including phenoxy) is 1. The SMILES string of the molecule is CCc1cccc(Oc2nc(C(N)=O)ccc2N)c1. The molecule has 0 aliphatic carbocycles. The van der Waals surface area contributed by atoms with Crippen molar-refractivity contribution in [3.63, 3.8) is 0 Å². The van der Waals surface area contributed by atoms with Crippen molar-refractivity contribution in [3.05, 3.63) is 47.7 Å². The summed E-state index contributed by atoms with van der Waals surface area (Å²) < 4.78 is 5.60. The molecule has 0 bridgehead atoms. The molecule has 0 fully saturated rings. The number of hydrogen-bond donors (Lipinski definition) is 2. The highest BCUT2D eigenvalue weighted by molar-refractivity contribution is 5.91. The zero-order valence-electron chi connectivity index (χ0n) is 10.6. The van der Waals surface area contributed by atoms with Gasteiger partial charge in [0.15, 0.2) is 0 Å². The Morgan fingerprint density at radius 3 is 2.79 bits per heavy atom. The lowest BCUT2D eigenvalue weighted by Gasteiger charge is -2.09. The number of carbonyl (C=O) groups is 1. The smallest absolute Gasteiger partial charge is 0.267 e. The first kappa shape index (κ1) is 12.9. The number of anilines is 1. The van der Waals surface area contributed by atoms with Crippen LogP contribution in [0.4, 0.5) is 5.69 Å². The fraction of sp³-hybridized carbons (Fsp3) is 0.143. The monoisotopic (exact) mass is 257 g/mol. The molecule has 0 radical (unpaired) electrons. The quantitative estimate of drug-likeness (QED) is 0.877. The summed E-state index contributed by atoms with van der Waals surface area (Å²) >= 11 is 0. The van der Waals surface area contributed by atoms with Crippen LogP contribution in [0.2, 0.25) is 0 Å². The van der Waals surface area contributed by atoms with Crippen LogP contribution in [-0.4, -0.2) is 10.9 Å². The van der Waals surface area contributed by atoms with Gasteiger partial charge in [-0.05, 0) is 36.2 Å². The third-order valence-electron chi connectivity index (χ3n) is 2.66. The van der Waals surface area contributed by atoms with Gasteiger partial charge < -0.3 is 16.2 Å². The van der Waals surface area contributed by atoms with E-state index < -0.39 is 5.91 Å². The molecular weight excluding hydrogens is 242 g/mol. The molecule has 0 aliphatic heterocycles. The molecule has 0 atom stereocenters. The summed E-state index contributed by atoms with van der Waals surface area (Å²) in [6, 6.07) is 10.6. The van der Waals surface area contributed by atoms with Crippen molar-refractivity contribution < 1.29 is 9.53 Å². The summed E-state index contributed by atoms with van der Waals surface area (Å²) in [7, 11) is 0. The molecule has 2 aromatic rings. The summed E-state index contributed by atoms with van der Waals surface area (Å²) in [6.45, 7) is 2.05. The van der Waals surface area contributed by atoms with Crippen molar-refractivity contribution in [2.24, 2.45) is 5.73 Å². The molecule has 0 saturated carbocycles. The lowest BCUT2D eigenvalue weighted by molar-refractivity contribution is 0.0995. The van der Waals surface area contributed by atoms with Crippen molar-refractivity contribution in [3.8, 4) is 11.6 Å². The van der Waals surface area contributed by atoms with E-state index in [2.05, 4.69) is 11.9 Å². The maximum absolute atomic E-state index is 11.1. The Morgan fingerprint density at radius 1 is 1.32 bits per heavy atom. The number of amides is 1. The van der Waals surface area contributed by atoms with Gasteiger partial charge in [-0.25, -0.2) is 4.98 Å². The fourth-order valence-corrected chi connectivity index (χ4v) is 1.61. The van der Waals surface area contributed by atoms with E-state index in [1.165, 1.54) is 6.07 Å². The van der Waals surface area contributed by atoms with Gasteiger partial charge in [-0.2, -0.15) is 0 Å². The van der Waals surface area contributed by atoms with Crippen molar-refractivity contribution in [2.75, 3.05) is 5.73 Å². The van der Waals surface area contributed by atoms with Crippen LogP contribution < -0.4 is 16.2 Å². The number of aryl methyl sites for hydroxylation is 1. The predicted molar refractivity (Wildman–Crippen MR) is 73.1 cm³/mol. The summed E-state index contributed by atoms with van der Waals surface area (Å²) in [5.74, 6) is 0.192. The zero-order valence-corrected chi connectivity index (χ0v) is 10.6. The molecule has 4 N–H and O–H groups in total. The third kappa shape index (κ3) is 3.01. The Kier molecular flexibility index (Phi) is 3.66. The molecule has 5 heteroatoms. The minimum Gasteiger partial charge on any atom is -0.437 e. The molecule has 1 amide bonds. The number of rotatable bonds is 4. The molecule has 5 nitrogen and oxygen atoms in total. The Hall–Kier alpha value is -2.56. The van der Waals surface area contributed by atoms with Crippen LogP contribution in [0.1, 0.15) is 23.0 Å². The normalized spacial score (nSPS) is 10.2. The van der Waals surface area contributed by atoms with E-state index >= 15 is 0 Å². The van der Waals surface area contributed by atoms with Crippen LogP contribution in [0, 0.1) is 0 Å². The van der Waals surface area contributed by atoms with Crippen molar-refractivity contribution >= 4 is 11.6 Å². The Morgan fingerprint density at radius 2 is 2.11 bits per heavy atom. The van der Waals surface area contributed by atoms with E-state index in [9.17, 15) is 4.79 Å². The standard InChI is InChI=1S/C14H15N3O2/c1-2-9-4-3-5-10(8-9)19-14-11(15)6-7-12(17-14)13(16)18/h3-8H,2,15H2,1H3,(H2,16,18). The van der Waals surface area contributed by atoms with Gasteiger partial charge in [-0.3, -0.25) is 4.79 Å². The van der Waals surface area contributed by atoms with E-state index in [4.69, 9.17) is 16.2 Å². The lowest BCUT2D eigenvalue weighted by Crippen LogP contribution is -2.13. The average Bonchev–Trinajstić information content (AvgIpc) is 2.41. The number of nitrogen functional groups attached to an aromatic ring is 1. The van der Waals surface area contributed by atoms with Crippen LogP contribution in [0.5, 0.6) is 11.6 Å². The minimum absolute atomic E-state index is 0.121. The maximum Gasteiger partial charge on any atom is 0.267 e. The van der Waals surface area contributed by atoms with Crippen LogP contribution >= 0.6 is 0 Å². The van der Waals surface area contributed by atoms with Gasteiger partial charge in [0.25, 0.3) is 5.91 Å². The van der Waals surface area contributed by atoms with Gasteiger partial charge in [-0.1, -0.05) is 19.1 Å². The molecular formula is C14H15N3O2. The molecule has 1 aromatic carbocycles. The molecule has 2 rings (SSSR count). The Labute approximate surface area is 111 Å². The third-order valence-corrected chi connectivity index (χ3v) is 2.66. The van der Waals surface area contributed by atoms with E-state index in [0.29, 0.717) is 11.4 Å². The molecule has 98 valence electrons. The fourth-order valence-electron chi connectivity index (χ4n) is 1.61. The van der Waals surface area contributed by atoms with Crippen molar-refractivity contribution in [1.82, 2.24) is 4.98 Å². The number of nitrogens with zero attached hydrogens (tertiary/aromatic N) is 1. The molecule has 1 aromatic heterocycles. The molecule has 0 aliphatic rings. The van der Waals surface area contributed by atoms with E-state index in [1.807, 2.05) is 18.2 Å². The molecule has 0 spiro atoms. The average molecular weight is 257 g/mol. The van der Waals surface area contributed by atoms with E-state index in [-0.39, 0.29) is 11.6 Å². The van der Waals surface area contributed by atoms with Crippen LogP contribution in [-0.2, 0) is 6.42 Å². The topological polar surface area (TPSA) is 91.2 Å². The number of primary amides is 1. The molecule has 1 heterocycles. The first-order valence-corrected chi connectivity index (χ1v) is 5.93. The highest BCUT2D eigenvalue weighted by Crippen LogP contribution is 2.26. The van der Waals surface area contributed by atoms with Gasteiger partial charge in [0.2, 0.25) is 5.88 Å². The largest absolute Gasteiger partial charge is 0.437 e. The first-order chi connectivity index (χ1) is 9.10. The number of nitrogens with two attached hydrogens (primary N) is 2. The maximum atomic E-state index is 11.1. The summed E-state index contributed by atoms with van der Waals surface area (Å²) in [5, 5.41) is 0. The second-order valence-electron chi connectivity index (χ2n) is 4.06. The number of aromatic nitrogens is 1. The number of hydrogen-bond acceptors (Lipinski definition) is 4. The first-order valence-electron chi connectivity index (χ1n) is 5.93. The minimum atomic E-state index is -0.618. The van der Waals surface area contributed by atoms with Gasteiger partial charge in [0.05, 0.1) is 5.69 Å². The van der Waals surface area contributed by atoms with Crippen molar-refractivity contribution in [1.29, 1.82) is 0 Å². The number of benzene rings is 1. The second kappa shape index (κ2) is 5.39. The van der Waals surface area contributed by atoms with Crippen molar-refractivity contribution in [2.45, 2.75) is 13.3 Å². The molecule has 0 unspecified atom stereocenters. The predicted octanol–water partition coefficient (Wildman–Crippen LogP) is 2.12. The summed E-state index contributed by atoms with van der Waals surface area (Å²) in [4.78, 5) is 15.1. The number of carbonyl (C=O) groups excluding carboxylic acids is 1. The van der Waals surface area contributed by atoms with Gasteiger partial charge >= 0.3 is 0 Å². The van der Waals surface area contributed by atoms with Crippen LogP contribution in [0.3, 0.4) is 0 Å². The Balaban J connectivity index is 2.31. The van der Waals surface area contributed by atoms with Gasteiger partial charge in [0.1, 0.15) is 11.4 Å². The van der Waals surface area contributed by atoms with Gasteiger partial charge in [-0.15, -0.1) is 0 Å². The van der Waals surface area contributed by atoms with E-state index in [0.717, 1.165) is 12.0 Å². The summed E-state index contributed by atoms with van der Waals surface area (Å²) in [5.41, 5.74) is 12.6. The van der Waals surface area contributed by atoms with Gasteiger partial charge in [0, 0.05) is 0 Å². The summed E-state index contributed by atoms with van der Waals surface area (Å²) in [6.07, 6.45) is 0.904.